The molecule has 4 nitrogen and oxygen atoms in total. The first-order valence-electron chi connectivity index (χ1n) is 5.82. The molecule has 5 heteroatoms. The number of rotatable bonds is 2. The van der Waals surface area contributed by atoms with Crippen LogP contribution < -0.4 is 11.4 Å². The number of fused-ring (bicyclic) bond motifs is 1. The van der Waals surface area contributed by atoms with Crippen molar-refractivity contribution in [3.05, 3.63) is 32.7 Å². The Hall–Kier alpha value is -1.07. The second-order valence-electron chi connectivity index (χ2n) is 4.72. The molecule has 1 saturated carbocycles. The number of aromatic amines is 2. The lowest BCUT2D eigenvalue weighted by Gasteiger charge is -2.32. The first-order valence-corrected chi connectivity index (χ1v) is 6.61. The van der Waals surface area contributed by atoms with Crippen molar-refractivity contribution >= 4 is 27.0 Å². The molecular formula is C12H14BrN3O. The van der Waals surface area contributed by atoms with E-state index in [1.807, 2.05) is 12.1 Å². The Balaban J connectivity index is 2.08. The molecule has 0 saturated heterocycles. The van der Waals surface area contributed by atoms with E-state index in [-0.39, 0.29) is 11.7 Å². The molecule has 1 aliphatic carbocycles. The Morgan fingerprint density at radius 1 is 1.29 bits per heavy atom. The zero-order valence-electron chi connectivity index (χ0n) is 9.29. The van der Waals surface area contributed by atoms with Gasteiger partial charge in [0.15, 0.2) is 0 Å². The van der Waals surface area contributed by atoms with Gasteiger partial charge in [0, 0.05) is 10.5 Å². The third-order valence-electron chi connectivity index (χ3n) is 3.65. The van der Waals surface area contributed by atoms with E-state index >= 15 is 0 Å². The average Bonchev–Trinajstić information content (AvgIpc) is 2.53. The molecule has 1 unspecified atom stereocenters. The molecule has 0 radical (unpaired) electrons. The van der Waals surface area contributed by atoms with Crippen LogP contribution in [0.1, 0.15) is 30.9 Å². The second kappa shape index (κ2) is 3.99. The monoisotopic (exact) mass is 295 g/mol. The molecule has 0 bridgehead atoms. The summed E-state index contributed by atoms with van der Waals surface area (Å²) in [6, 6.07) is 3.95. The van der Waals surface area contributed by atoms with Gasteiger partial charge in [-0.1, -0.05) is 22.4 Å². The van der Waals surface area contributed by atoms with Crippen LogP contribution in [0.15, 0.2) is 21.4 Å². The first-order chi connectivity index (χ1) is 8.15. The highest BCUT2D eigenvalue weighted by molar-refractivity contribution is 9.10. The molecule has 4 N–H and O–H groups in total. The van der Waals surface area contributed by atoms with Crippen molar-refractivity contribution in [2.24, 2.45) is 11.7 Å². The maximum absolute atomic E-state index is 11.2. The fourth-order valence-corrected chi connectivity index (χ4v) is 2.99. The number of H-pyrrole nitrogens is 2. The van der Waals surface area contributed by atoms with E-state index in [2.05, 4.69) is 25.9 Å². The van der Waals surface area contributed by atoms with Gasteiger partial charge in [0.05, 0.1) is 11.0 Å². The van der Waals surface area contributed by atoms with E-state index in [0.29, 0.717) is 5.92 Å². The van der Waals surface area contributed by atoms with Gasteiger partial charge in [0.1, 0.15) is 0 Å². The van der Waals surface area contributed by atoms with Gasteiger partial charge < -0.3 is 15.7 Å². The Kier molecular flexibility index (Phi) is 2.60. The Bertz CT molecular complexity index is 612. The fraction of sp³-hybridized carbons (Fsp3) is 0.417. The van der Waals surface area contributed by atoms with E-state index in [0.717, 1.165) is 21.1 Å². The van der Waals surface area contributed by atoms with Crippen LogP contribution in [-0.4, -0.2) is 9.97 Å². The molecule has 0 spiro atoms. The highest BCUT2D eigenvalue weighted by Crippen LogP contribution is 2.39. The summed E-state index contributed by atoms with van der Waals surface area (Å²) >= 11 is 3.53. The van der Waals surface area contributed by atoms with Gasteiger partial charge >= 0.3 is 5.69 Å². The molecule has 90 valence electrons. The largest absolute Gasteiger partial charge is 0.324 e. The smallest absolute Gasteiger partial charge is 0.323 e. The minimum atomic E-state index is -0.179. The zero-order valence-corrected chi connectivity index (χ0v) is 10.9. The van der Waals surface area contributed by atoms with Gasteiger partial charge in [-0.15, -0.1) is 0 Å². The summed E-state index contributed by atoms with van der Waals surface area (Å²) in [6.07, 6.45) is 3.68. The van der Waals surface area contributed by atoms with Crippen molar-refractivity contribution < 1.29 is 0 Å². The summed E-state index contributed by atoms with van der Waals surface area (Å²) in [5.41, 5.74) is 8.80. The molecule has 0 amide bonds. The molecule has 1 aromatic carbocycles. The van der Waals surface area contributed by atoms with E-state index in [1.165, 1.54) is 19.3 Å². The number of imidazole rings is 1. The molecule has 2 aromatic rings. The summed E-state index contributed by atoms with van der Waals surface area (Å²) < 4.78 is 0.972. The number of benzene rings is 1. The van der Waals surface area contributed by atoms with Crippen LogP contribution in [0.2, 0.25) is 0 Å². The van der Waals surface area contributed by atoms with Crippen molar-refractivity contribution in [3.63, 3.8) is 0 Å². The van der Waals surface area contributed by atoms with Crippen LogP contribution >= 0.6 is 15.9 Å². The Morgan fingerprint density at radius 3 is 2.53 bits per heavy atom. The van der Waals surface area contributed by atoms with E-state index in [1.54, 1.807) is 0 Å². The molecule has 3 rings (SSSR count). The summed E-state index contributed by atoms with van der Waals surface area (Å²) in [7, 11) is 0. The highest BCUT2D eigenvalue weighted by Gasteiger charge is 2.27. The van der Waals surface area contributed by atoms with Crippen LogP contribution in [0.25, 0.3) is 11.0 Å². The van der Waals surface area contributed by atoms with Gasteiger partial charge in [0.25, 0.3) is 0 Å². The molecular weight excluding hydrogens is 282 g/mol. The van der Waals surface area contributed by atoms with Crippen molar-refractivity contribution in [1.29, 1.82) is 0 Å². The molecule has 1 atom stereocenters. The van der Waals surface area contributed by atoms with Crippen molar-refractivity contribution in [2.75, 3.05) is 0 Å². The molecule has 1 heterocycles. The second-order valence-corrected chi connectivity index (χ2v) is 5.57. The molecule has 0 aliphatic heterocycles. The number of nitrogens with one attached hydrogen (secondary N) is 2. The third kappa shape index (κ3) is 1.83. The number of halogens is 1. The molecule has 1 aromatic heterocycles. The van der Waals surface area contributed by atoms with E-state index in [4.69, 9.17) is 5.73 Å². The van der Waals surface area contributed by atoms with Crippen LogP contribution in [-0.2, 0) is 0 Å². The summed E-state index contributed by atoms with van der Waals surface area (Å²) in [5.74, 6) is 0.578. The van der Waals surface area contributed by atoms with Gasteiger partial charge in [-0.05, 0) is 36.5 Å². The number of aromatic nitrogens is 2. The van der Waals surface area contributed by atoms with Crippen molar-refractivity contribution in [3.8, 4) is 0 Å². The van der Waals surface area contributed by atoms with Gasteiger partial charge in [-0.3, -0.25) is 0 Å². The summed E-state index contributed by atoms with van der Waals surface area (Å²) in [4.78, 5) is 16.7. The Labute approximate surface area is 107 Å². The van der Waals surface area contributed by atoms with Crippen LogP contribution in [0.4, 0.5) is 0 Å². The standard InChI is InChI=1S/C12H14BrN3O/c13-8-5-10-9(15-12(17)16-10)4-7(8)11(14)6-2-1-3-6/h4-6,11H,1-3,14H2,(H2,15,16,17). The lowest BCUT2D eigenvalue weighted by Crippen LogP contribution is -2.27. The van der Waals surface area contributed by atoms with Crippen LogP contribution in [0, 0.1) is 5.92 Å². The lowest BCUT2D eigenvalue weighted by molar-refractivity contribution is 0.264. The number of nitrogens with two attached hydrogens (primary N) is 1. The van der Waals surface area contributed by atoms with Gasteiger partial charge in [0.2, 0.25) is 0 Å². The fourth-order valence-electron chi connectivity index (χ4n) is 2.38. The van der Waals surface area contributed by atoms with Gasteiger partial charge in [-0.25, -0.2) is 4.79 Å². The minimum absolute atomic E-state index is 0.0564. The topological polar surface area (TPSA) is 74.7 Å². The quantitative estimate of drug-likeness (QED) is 0.796. The summed E-state index contributed by atoms with van der Waals surface area (Å²) in [5, 5.41) is 0. The lowest BCUT2D eigenvalue weighted by atomic mass is 9.77. The highest BCUT2D eigenvalue weighted by atomic mass is 79.9. The van der Waals surface area contributed by atoms with Gasteiger partial charge in [-0.2, -0.15) is 0 Å². The Morgan fingerprint density at radius 2 is 1.94 bits per heavy atom. The van der Waals surface area contributed by atoms with E-state index in [9.17, 15) is 4.79 Å². The van der Waals surface area contributed by atoms with Crippen molar-refractivity contribution in [1.82, 2.24) is 9.97 Å². The first kappa shape index (κ1) is 11.0. The van der Waals surface area contributed by atoms with E-state index < -0.39 is 0 Å². The average molecular weight is 296 g/mol. The maximum Gasteiger partial charge on any atom is 0.323 e. The van der Waals surface area contributed by atoms with Crippen molar-refractivity contribution in [2.45, 2.75) is 25.3 Å². The van der Waals surface area contributed by atoms with Crippen LogP contribution in [0.3, 0.4) is 0 Å². The predicted octanol–water partition coefficient (Wildman–Crippen LogP) is 2.42. The molecule has 17 heavy (non-hydrogen) atoms. The van der Waals surface area contributed by atoms with Crippen LogP contribution in [0.5, 0.6) is 0 Å². The summed E-state index contributed by atoms with van der Waals surface area (Å²) in [6.45, 7) is 0. The molecule has 1 aliphatic rings. The predicted molar refractivity (Wildman–Crippen MR) is 70.9 cm³/mol. The molecule has 1 fully saturated rings. The number of hydrogen-bond acceptors (Lipinski definition) is 2. The third-order valence-corrected chi connectivity index (χ3v) is 4.34. The minimum Gasteiger partial charge on any atom is -0.324 e. The SMILES string of the molecule is NC(c1cc2[nH]c(=O)[nH]c2cc1Br)C1CCC1. The maximum atomic E-state index is 11.2. The number of hydrogen-bond donors (Lipinski definition) is 3. The normalized spacial score (nSPS) is 18.2. The zero-order chi connectivity index (χ0) is 12.0.